The number of hydrogen-bond acceptors (Lipinski definition) is 5. The molecule has 0 aliphatic carbocycles. The van der Waals surface area contributed by atoms with Gasteiger partial charge in [-0.05, 0) is 62.7 Å². The highest BCUT2D eigenvalue weighted by Crippen LogP contribution is 2.22. The maximum Gasteiger partial charge on any atom is 0.338 e. The fourth-order valence-corrected chi connectivity index (χ4v) is 2.57. The lowest BCUT2D eigenvalue weighted by atomic mass is 10.1. The molecule has 0 radical (unpaired) electrons. The van der Waals surface area contributed by atoms with Crippen molar-refractivity contribution in [1.82, 2.24) is 0 Å². The molecule has 0 spiro atoms. The molecule has 29 heavy (non-hydrogen) atoms. The third-order valence-electron chi connectivity index (χ3n) is 4.22. The standard InChI is InChI=1S/C23H29NO5/c1-5-6-13-28-23(26)17-7-10-20(11-8-17)24-22(25)18-9-12-21(27-4)19(14-18)15-29-16(2)3/h7-12,14,16H,5-6,13,15H2,1-4H3,(H,24,25). The highest BCUT2D eigenvalue weighted by Gasteiger charge is 2.12. The minimum Gasteiger partial charge on any atom is -0.496 e. The lowest BCUT2D eigenvalue weighted by Gasteiger charge is -2.13. The molecule has 156 valence electrons. The number of nitrogens with one attached hydrogen (secondary N) is 1. The molecule has 0 atom stereocenters. The van der Waals surface area contributed by atoms with E-state index in [0.29, 0.717) is 35.8 Å². The second-order valence-electron chi connectivity index (χ2n) is 6.91. The molecule has 0 aliphatic heterocycles. The zero-order valence-corrected chi connectivity index (χ0v) is 17.5. The van der Waals surface area contributed by atoms with Gasteiger partial charge in [0, 0.05) is 16.8 Å². The van der Waals surface area contributed by atoms with E-state index in [9.17, 15) is 9.59 Å². The van der Waals surface area contributed by atoms with Crippen LogP contribution in [0, 0.1) is 0 Å². The van der Waals surface area contributed by atoms with Crippen molar-refractivity contribution in [2.24, 2.45) is 0 Å². The smallest absolute Gasteiger partial charge is 0.338 e. The first kappa shape index (κ1) is 22.4. The normalized spacial score (nSPS) is 10.7. The molecule has 1 N–H and O–H groups in total. The molecule has 0 aliphatic rings. The summed E-state index contributed by atoms with van der Waals surface area (Å²) in [4.78, 5) is 24.6. The van der Waals surface area contributed by atoms with E-state index in [1.165, 1.54) is 0 Å². The van der Waals surface area contributed by atoms with Crippen LogP contribution in [0.4, 0.5) is 5.69 Å². The summed E-state index contributed by atoms with van der Waals surface area (Å²) < 4.78 is 16.2. The summed E-state index contributed by atoms with van der Waals surface area (Å²) in [5, 5.41) is 2.83. The van der Waals surface area contributed by atoms with Crippen LogP contribution in [0.5, 0.6) is 5.75 Å². The molecule has 0 saturated carbocycles. The Kier molecular flexibility index (Phi) is 8.68. The topological polar surface area (TPSA) is 73.9 Å². The number of unbranched alkanes of at least 4 members (excludes halogenated alkanes) is 1. The number of amides is 1. The van der Waals surface area contributed by atoms with E-state index in [4.69, 9.17) is 14.2 Å². The fraction of sp³-hybridized carbons (Fsp3) is 0.391. The van der Waals surface area contributed by atoms with E-state index >= 15 is 0 Å². The van der Waals surface area contributed by atoms with Crippen LogP contribution >= 0.6 is 0 Å². The largest absolute Gasteiger partial charge is 0.496 e. The second kappa shape index (κ2) is 11.2. The summed E-state index contributed by atoms with van der Waals surface area (Å²) in [7, 11) is 1.59. The van der Waals surface area contributed by atoms with Gasteiger partial charge >= 0.3 is 5.97 Å². The second-order valence-corrected chi connectivity index (χ2v) is 6.91. The van der Waals surface area contributed by atoms with E-state index < -0.39 is 0 Å². The first-order valence-electron chi connectivity index (χ1n) is 9.81. The molecular weight excluding hydrogens is 370 g/mol. The zero-order chi connectivity index (χ0) is 21.2. The maximum absolute atomic E-state index is 12.6. The molecule has 2 aromatic rings. The Morgan fingerprint density at radius 2 is 1.72 bits per heavy atom. The summed E-state index contributed by atoms with van der Waals surface area (Å²) >= 11 is 0. The molecule has 0 saturated heterocycles. The van der Waals surface area contributed by atoms with Crippen LogP contribution in [0.2, 0.25) is 0 Å². The Morgan fingerprint density at radius 1 is 1.03 bits per heavy atom. The Morgan fingerprint density at radius 3 is 2.34 bits per heavy atom. The van der Waals surface area contributed by atoms with Crippen LogP contribution in [-0.2, 0) is 16.1 Å². The Labute approximate surface area is 172 Å². The van der Waals surface area contributed by atoms with Gasteiger partial charge in [-0.15, -0.1) is 0 Å². The quantitative estimate of drug-likeness (QED) is 0.458. The van der Waals surface area contributed by atoms with Crippen LogP contribution in [0.15, 0.2) is 42.5 Å². The summed E-state index contributed by atoms with van der Waals surface area (Å²) in [6.07, 6.45) is 1.88. The van der Waals surface area contributed by atoms with Crippen LogP contribution in [0.3, 0.4) is 0 Å². The molecule has 2 aromatic carbocycles. The summed E-state index contributed by atoms with van der Waals surface area (Å²) in [5.41, 5.74) is 2.35. The third-order valence-corrected chi connectivity index (χ3v) is 4.22. The first-order valence-corrected chi connectivity index (χ1v) is 9.81. The van der Waals surface area contributed by atoms with Gasteiger partial charge in [-0.3, -0.25) is 4.79 Å². The maximum atomic E-state index is 12.6. The first-order chi connectivity index (χ1) is 13.9. The van der Waals surface area contributed by atoms with E-state index in [2.05, 4.69) is 5.32 Å². The number of rotatable bonds is 10. The number of hydrogen-bond donors (Lipinski definition) is 1. The van der Waals surface area contributed by atoms with E-state index in [0.717, 1.165) is 18.4 Å². The molecule has 1 amide bonds. The van der Waals surface area contributed by atoms with E-state index in [1.807, 2.05) is 20.8 Å². The highest BCUT2D eigenvalue weighted by molar-refractivity contribution is 6.04. The predicted molar refractivity (Wildman–Crippen MR) is 113 cm³/mol. The number of methoxy groups -OCH3 is 1. The highest BCUT2D eigenvalue weighted by atomic mass is 16.5. The Hall–Kier alpha value is -2.86. The average molecular weight is 399 g/mol. The minimum atomic E-state index is -0.360. The third kappa shape index (κ3) is 6.91. The van der Waals surface area contributed by atoms with Crippen LogP contribution < -0.4 is 10.1 Å². The molecule has 0 unspecified atom stereocenters. The van der Waals surface area contributed by atoms with Gasteiger partial charge in [0.2, 0.25) is 0 Å². The van der Waals surface area contributed by atoms with Gasteiger partial charge in [-0.1, -0.05) is 13.3 Å². The van der Waals surface area contributed by atoms with E-state index in [1.54, 1.807) is 49.6 Å². The Bertz CT molecular complexity index is 815. The van der Waals surface area contributed by atoms with Crippen molar-refractivity contribution < 1.29 is 23.8 Å². The number of benzene rings is 2. The van der Waals surface area contributed by atoms with Gasteiger partial charge in [0.25, 0.3) is 5.91 Å². The van der Waals surface area contributed by atoms with Crippen molar-refractivity contribution in [1.29, 1.82) is 0 Å². The molecule has 0 aromatic heterocycles. The van der Waals surface area contributed by atoms with Gasteiger partial charge in [0.15, 0.2) is 0 Å². The van der Waals surface area contributed by atoms with Crippen molar-refractivity contribution >= 4 is 17.6 Å². The minimum absolute atomic E-state index is 0.0735. The molecule has 6 heteroatoms. The number of carbonyl (C=O) groups excluding carboxylic acids is 2. The molecule has 6 nitrogen and oxygen atoms in total. The monoisotopic (exact) mass is 399 g/mol. The lowest BCUT2D eigenvalue weighted by molar-refractivity contribution is 0.0499. The number of ether oxygens (including phenoxy) is 3. The number of carbonyl (C=O) groups is 2. The van der Waals surface area contributed by atoms with Crippen molar-refractivity contribution in [3.63, 3.8) is 0 Å². The molecular formula is C23H29NO5. The van der Waals surface area contributed by atoms with Gasteiger partial charge < -0.3 is 19.5 Å². The van der Waals surface area contributed by atoms with Gasteiger partial charge in [-0.2, -0.15) is 0 Å². The molecule has 0 fully saturated rings. The summed E-state index contributed by atoms with van der Waals surface area (Å²) in [6, 6.07) is 11.9. The SMILES string of the molecule is CCCCOC(=O)c1ccc(NC(=O)c2ccc(OC)c(COC(C)C)c2)cc1. The van der Waals surface area contributed by atoms with Crippen molar-refractivity contribution in [3.8, 4) is 5.75 Å². The van der Waals surface area contributed by atoms with E-state index in [-0.39, 0.29) is 18.0 Å². The van der Waals surface area contributed by atoms with Crippen molar-refractivity contribution in [2.75, 3.05) is 19.0 Å². The zero-order valence-electron chi connectivity index (χ0n) is 17.5. The predicted octanol–water partition coefficient (Wildman–Crippen LogP) is 4.83. The van der Waals surface area contributed by atoms with Crippen LogP contribution in [0.25, 0.3) is 0 Å². The molecule has 2 rings (SSSR count). The number of esters is 1. The van der Waals surface area contributed by atoms with Crippen LogP contribution in [0.1, 0.15) is 59.9 Å². The summed E-state index contributed by atoms with van der Waals surface area (Å²) in [6.45, 7) is 6.71. The Balaban J connectivity index is 2.04. The lowest BCUT2D eigenvalue weighted by Crippen LogP contribution is -2.13. The van der Waals surface area contributed by atoms with Gasteiger partial charge in [-0.25, -0.2) is 4.79 Å². The van der Waals surface area contributed by atoms with Gasteiger partial charge in [0.05, 0.1) is 32.0 Å². The van der Waals surface area contributed by atoms with Gasteiger partial charge in [0.1, 0.15) is 5.75 Å². The van der Waals surface area contributed by atoms with Crippen LogP contribution in [-0.4, -0.2) is 31.7 Å². The fourth-order valence-electron chi connectivity index (χ4n) is 2.57. The molecule has 0 heterocycles. The molecule has 0 bridgehead atoms. The summed E-state index contributed by atoms with van der Waals surface area (Å²) in [5.74, 6) is 0.0612. The average Bonchev–Trinajstić information content (AvgIpc) is 2.72. The van der Waals surface area contributed by atoms with Crippen molar-refractivity contribution in [3.05, 3.63) is 59.2 Å². The van der Waals surface area contributed by atoms with Crippen molar-refractivity contribution in [2.45, 2.75) is 46.3 Å². The number of anilines is 1.